The highest BCUT2D eigenvalue weighted by atomic mass is 16.3. The highest BCUT2D eigenvalue weighted by molar-refractivity contribution is 5.44. The van der Waals surface area contributed by atoms with E-state index < -0.39 is 0 Å². The van der Waals surface area contributed by atoms with Crippen LogP contribution in [0.3, 0.4) is 0 Å². The summed E-state index contributed by atoms with van der Waals surface area (Å²) < 4.78 is 0. The molecule has 2 heteroatoms. The molecule has 1 aliphatic carbocycles. The van der Waals surface area contributed by atoms with Gasteiger partial charge in [-0.05, 0) is 67.3 Å². The molecule has 1 saturated heterocycles. The van der Waals surface area contributed by atoms with Gasteiger partial charge < -0.3 is 5.11 Å². The summed E-state index contributed by atoms with van der Waals surface area (Å²) >= 11 is 0. The van der Waals surface area contributed by atoms with Gasteiger partial charge in [0.1, 0.15) is 5.75 Å². The third-order valence-electron chi connectivity index (χ3n) is 5.41. The van der Waals surface area contributed by atoms with Crippen molar-refractivity contribution in [3.63, 3.8) is 0 Å². The van der Waals surface area contributed by atoms with E-state index in [-0.39, 0.29) is 0 Å². The maximum atomic E-state index is 9.98. The number of hydrogen-bond acceptors (Lipinski definition) is 2. The number of aromatic hydroxyl groups is 1. The molecule has 0 spiro atoms. The molecule has 2 aliphatic rings. The van der Waals surface area contributed by atoms with Crippen molar-refractivity contribution >= 4 is 0 Å². The SMILES string of the molecule is CC(C)(C)C1CCN(C2CCc3c(O)cccc32)CC1. The fraction of sp³-hybridized carbons (Fsp3) is 0.667. The quantitative estimate of drug-likeness (QED) is 0.831. The van der Waals surface area contributed by atoms with E-state index in [0.29, 0.717) is 17.2 Å². The molecule has 110 valence electrons. The second-order valence-corrected chi connectivity index (χ2v) is 7.58. The molecule has 0 amide bonds. The van der Waals surface area contributed by atoms with Crippen molar-refractivity contribution < 1.29 is 5.11 Å². The Bertz CT molecular complexity index is 481. The van der Waals surface area contributed by atoms with Crippen molar-refractivity contribution in [2.24, 2.45) is 11.3 Å². The van der Waals surface area contributed by atoms with Gasteiger partial charge in [-0.2, -0.15) is 0 Å². The van der Waals surface area contributed by atoms with E-state index in [0.717, 1.165) is 12.3 Å². The van der Waals surface area contributed by atoms with Crippen LogP contribution < -0.4 is 0 Å². The van der Waals surface area contributed by atoms with Crippen LogP contribution >= 0.6 is 0 Å². The Kier molecular flexibility index (Phi) is 3.53. The molecule has 3 rings (SSSR count). The normalized spacial score (nSPS) is 24.9. The number of benzene rings is 1. The molecule has 1 aromatic rings. The standard InChI is InChI=1S/C18H27NO/c1-18(2,3)13-9-11-19(12-10-13)16-8-7-15-14(16)5-4-6-17(15)20/h4-6,13,16,20H,7-12H2,1-3H3. The predicted octanol–water partition coefficient (Wildman–Crippen LogP) is 4.14. The summed E-state index contributed by atoms with van der Waals surface area (Å²) in [5, 5.41) is 9.98. The molecule has 1 aliphatic heterocycles. The molecule has 1 atom stereocenters. The average Bonchev–Trinajstić information content (AvgIpc) is 2.83. The van der Waals surface area contributed by atoms with E-state index in [1.165, 1.54) is 43.5 Å². The lowest BCUT2D eigenvalue weighted by atomic mass is 9.75. The van der Waals surface area contributed by atoms with Crippen LogP contribution in [0, 0.1) is 11.3 Å². The van der Waals surface area contributed by atoms with E-state index in [4.69, 9.17) is 0 Å². The Morgan fingerprint density at radius 1 is 1.10 bits per heavy atom. The van der Waals surface area contributed by atoms with E-state index in [2.05, 4.69) is 31.7 Å². The molecule has 1 heterocycles. The summed E-state index contributed by atoms with van der Waals surface area (Å²) in [5.74, 6) is 1.35. The Morgan fingerprint density at radius 2 is 1.80 bits per heavy atom. The lowest BCUT2D eigenvalue weighted by Crippen LogP contribution is -2.39. The van der Waals surface area contributed by atoms with Gasteiger partial charge >= 0.3 is 0 Å². The van der Waals surface area contributed by atoms with Crippen LogP contribution in [0.1, 0.15) is 57.2 Å². The second kappa shape index (κ2) is 5.07. The first-order chi connectivity index (χ1) is 9.47. The second-order valence-electron chi connectivity index (χ2n) is 7.58. The van der Waals surface area contributed by atoms with Crippen molar-refractivity contribution in [2.45, 2.75) is 52.5 Å². The number of piperidine rings is 1. The fourth-order valence-electron chi connectivity index (χ4n) is 4.07. The van der Waals surface area contributed by atoms with Crippen LogP contribution in [0.2, 0.25) is 0 Å². The zero-order valence-corrected chi connectivity index (χ0v) is 13.0. The fourth-order valence-corrected chi connectivity index (χ4v) is 4.07. The van der Waals surface area contributed by atoms with Gasteiger partial charge in [0.25, 0.3) is 0 Å². The first-order valence-corrected chi connectivity index (χ1v) is 8.01. The van der Waals surface area contributed by atoms with Crippen LogP contribution in [0.5, 0.6) is 5.75 Å². The van der Waals surface area contributed by atoms with Gasteiger partial charge in [0.2, 0.25) is 0 Å². The molecular weight excluding hydrogens is 246 g/mol. The molecule has 0 saturated carbocycles. The molecule has 20 heavy (non-hydrogen) atoms. The molecule has 1 N–H and O–H groups in total. The minimum atomic E-state index is 0.442. The highest BCUT2D eigenvalue weighted by Crippen LogP contribution is 2.42. The van der Waals surface area contributed by atoms with Crippen molar-refractivity contribution in [1.29, 1.82) is 0 Å². The largest absolute Gasteiger partial charge is 0.508 e. The molecule has 1 aromatic carbocycles. The third kappa shape index (κ3) is 2.46. The van der Waals surface area contributed by atoms with Crippen LogP contribution in [-0.4, -0.2) is 23.1 Å². The van der Waals surface area contributed by atoms with Gasteiger partial charge in [-0.1, -0.05) is 32.9 Å². The number of likely N-dealkylation sites (tertiary alicyclic amines) is 1. The number of nitrogens with zero attached hydrogens (tertiary/aromatic N) is 1. The summed E-state index contributed by atoms with van der Waals surface area (Å²) in [6.45, 7) is 9.53. The van der Waals surface area contributed by atoms with Gasteiger partial charge in [-0.3, -0.25) is 4.90 Å². The molecular formula is C18H27NO. The predicted molar refractivity (Wildman–Crippen MR) is 82.9 cm³/mol. The number of phenols is 1. The van der Waals surface area contributed by atoms with Gasteiger partial charge in [-0.15, -0.1) is 0 Å². The zero-order valence-electron chi connectivity index (χ0n) is 13.0. The molecule has 2 nitrogen and oxygen atoms in total. The van der Waals surface area contributed by atoms with Crippen LogP contribution in [0.25, 0.3) is 0 Å². The van der Waals surface area contributed by atoms with Crippen LogP contribution in [0.4, 0.5) is 0 Å². The maximum absolute atomic E-state index is 9.98. The van der Waals surface area contributed by atoms with E-state index in [1.807, 2.05) is 12.1 Å². The average molecular weight is 273 g/mol. The van der Waals surface area contributed by atoms with Gasteiger partial charge in [0.15, 0.2) is 0 Å². The lowest BCUT2D eigenvalue weighted by Gasteiger charge is -2.41. The Balaban J connectivity index is 1.71. The van der Waals surface area contributed by atoms with E-state index in [1.54, 1.807) is 0 Å². The topological polar surface area (TPSA) is 23.5 Å². The van der Waals surface area contributed by atoms with Gasteiger partial charge in [0.05, 0.1) is 0 Å². The minimum Gasteiger partial charge on any atom is -0.508 e. The summed E-state index contributed by atoms with van der Waals surface area (Å²) in [7, 11) is 0. The summed E-state index contributed by atoms with van der Waals surface area (Å²) in [4.78, 5) is 2.65. The number of hydrogen-bond donors (Lipinski definition) is 1. The van der Waals surface area contributed by atoms with E-state index in [9.17, 15) is 5.11 Å². The van der Waals surface area contributed by atoms with Crippen molar-refractivity contribution in [2.75, 3.05) is 13.1 Å². The smallest absolute Gasteiger partial charge is 0.119 e. The molecule has 0 aromatic heterocycles. The Morgan fingerprint density at radius 3 is 2.45 bits per heavy atom. The van der Waals surface area contributed by atoms with Crippen LogP contribution in [-0.2, 0) is 6.42 Å². The Hall–Kier alpha value is -1.02. The summed E-state index contributed by atoms with van der Waals surface area (Å²) in [6.07, 6.45) is 4.83. The van der Waals surface area contributed by atoms with Crippen molar-refractivity contribution in [3.8, 4) is 5.75 Å². The van der Waals surface area contributed by atoms with Gasteiger partial charge in [-0.25, -0.2) is 0 Å². The zero-order chi connectivity index (χ0) is 14.3. The minimum absolute atomic E-state index is 0.442. The molecule has 1 fully saturated rings. The number of fused-ring (bicyclic) bond motifs is 1. The highest BCUT2D eigenvalue weighted by Gasteiger charge is 2.34. The van der Waals surface area contributed by atoms with Gasteiger partial charge in [0, 0.05) is 6.04 Å². The maximum Gasteiger partial charge on any atom is 0.119 e. The van der Waals surface area contributed by atoms with Crippen molar-refractivity contribution in [3.05, 3.63) is 29.3 Å². The van der Waals surface area contributed by atoms with Crippen molar-refractivity contribution in [1.82, 2.24) is 4.90 Å². The summed E-state index contributed by atoms with van der Waals surface area (Å²) in [6, 6.07) is 6.57. The number of phenolic OH excluding ortho intramolecular Hbond substituents is 1. The summed E-state index contributed by atoms with van der Waals surface area (Å²) in [5.41, 5.74) is 3.01. The molecule has 0 bridgehead atoms. The molecule has 0 radical (unpaired) electrons. The monoisotopic (exact) mass is 273 g/mol. The van der Waals surface area contributed by atoms with Crippen LogP contribution in [0.15, 0.2) is 18.2 Å². The third-order valence-corrected chi connectivity index (χ3v) is 5.41. The Labute approximate surface area is 122 Å². The molecule has 1 unspecified atom stereocenters. The lowest BCUT2D eigenvalue weighted by molar-refractivity contribution is 0.0826. The first kappa shape index (κ1) is 13.9. The first-order valence-electron chi connectivity index (χ1n) is 8.01. The van der Waals surface area contributed by atoms with E-state index >= 15 is 0 Å². The number of rotatable bonds is 1.